The van der Waals surface area contributed by atoms with Crippen molar-refractivity contribution in [1.29, 1.82) is 0 Å². The molecule has 0 amide bonds. The molecule has 1 unspecified atom stereocenters. The van der Waals surface area contributed by atoms with Crippen LogP contribution in [0.3, 0.4) is 0 Å². The molecule has 0 bridgehead atoms. The zero-order valence-corrected chi connectivity index (χ0v) is 10.0. The van der Waals surface area contributed by atoms with Crippen LogP contribution in [0.25, 0.3) is 0 Å². The number of pyridine rings is 1. The lowest BCUT2D eigenvalue weighted by Gasteiger charge is -2.11. The lowest BCUT2D eigenvalue weighted by molar-refractivity contribution is 0.167. The molecule has 1 atom stereocenters. The second kappa shape index (κ2) is 5.42. The Morgan fingerprint density at radius 3 is 2.67 bits per heavy atom. The molecule has 0 aliphatic heterocycles. The lowest BCUT2D eigenvalue weighted by atomic mass is 10.0. The Bertz CT molecular complexity index is 562. The van der Waals surface area contributed by atoms with Crippen molar-refractivity contribution >= 4 is 11.6 Å². The van der Waals surface area contributed by atoms with E-state index in [1.807, 2.05) is 0 Å². The van der Waals surface area contributed by atoms with E-state index in [9.17, 15) is 13.9 Å². The van der Waals surface area contributed by atoms with Gasteiger partial charge in [0.2, 0.25) is 0 Å². The topological polar surface area (TPSA) is 33.1 Å². The molecular formula is C13H10ClF2NO. The highest BCUT2D eigenvalue weighted by Crippen LogP contribution is 2.22. The van der Waals surface area contributed by atoms with Gasteiger partial charge in [0.05, 0.1) is 0 Å². The van der Waals surface area contributed by atoms with Crippen molar-refractivity contribution < 1.29 is 13.9 Å². The second-order valence-electron chi connectivity index (χ2n) is 3.83. The lowest BCUT2D eigenvalue weighted by Crippen LogP contribution is -2.07. The first-order chi connectivity index (χ1) is 8.58. The van der Waals surface area contributed by atoms with Crippen molar-refractivity contribution in [3.05, 3.63) is 64.4 Å². The molecule has 0 radical (unpaired) electrons. The molecule has 1 aromatic carbocycles. The van der Waals surface area contributed by atoms with Gasteiger partial charge in [-0.3, -0.25) is 4.98 Å². The number of rotatable bonds is 3. The highest BCUT2D eigenvalue weighted by Gasteiger charge is 2.16. The number of halogens is 3. The average Bonchev–Trinajstić information content (AvgIpc) is 2.33. The molecule has 1 heterocycles. The molecule has 1 N–H and O–H groups in total. The molecule has 0 fully saturated rings. The van der Waals surface area contributed by atoms with Crippen molar-refractivity contribution in [2.75, 3.05) is 0 Å². The van der Waals surface area contributed by atoms with Gasteiger partial charge in [0, 0.05) is 17.6 Å². The summed E-state index contributed by atoms with van der Waals surface area (Å²) in [6, 6.07) is 6.75. The molecule has 0 aliphatic carbocycles. The van der Waals surface area contributed by atoms with Gasteiger partial charge in [-0.15, -0.1) is 0 Å². The third-order valence-corrected chi connectivity index (χ3v) is 2.77. The molecule has 1 aromatic heterocycles. The Hall–Kier alpha value is -1.52. The van der Waals surface area contributed by atoms with Crippen molar-refractivity contribution in [3.63, 3.8) is 0 Å². The van der Waals surface area contributed by atoms with Crippen LogP contribution >= 0.6 is 11.6 Å². The summed E-state index contributed by atoms with van der Waals surface area (Å²) in [6.07, 6.45) is 0.124. The number of hydrogen-bond acceptors (Lipinski definition) is 2. The summed E-state index contributed by atoms with van der Waals surface area (Å²) in [5.41, 5.74) is 0.170. The second-order valence-corrected chi connectivity index (χ2v) is 4.26. The van der Waals surface area contributed by atoms with Gasteiger partial charge < -0.3 is 5.11 Å². The minimum atomic E-state index is -1.19. The molecule has 0 saturated heterocycles. The number of aromatic nitrogens is 1. The molecule has 94 valence electrons. The van der Waals surface area contributed by atoms with Gasteiger partial charge in [-0.1, -0.05) is 17.7 Å². The number of nitrogens with zero attached hydrogens (tertiary/aromatic N) is 1. The fourth-order valence-corrected chi connectivity index (χ4v) is 1.79. The van der Waals surface area contributed by atoms with Gasteiger partial charge in [0.1, 0.15) is 23.4 Å². The fraction of sp³-hybridized carbons (Fsp3) is 0.154. The van der Waals surface area contributed by atoms with Crippen LogP contribution in [0, 0.1) is 11.6 Å². The Labute approximate surface area is 108 Å². The third-order valence-electron chi connectivity index (χ3n) is 2.53. The fourth-order valence-electron chi connectivity index (χ4n) is 1.64. The Morgan fingerprint density at radius 1 is 1.22 bits per heavy atom. The van der Waals surface area contributed by atoms with Gasteiger partial charge in [-0.05, 0) is 29.8 Å². The summed E-state index contributed by atoms with van der Waals surface area (Å²) < 4.78 is 26.9. The summed E-state index contributed by atoms with van der Waals surface area (Å²) in [5.74, 6) is -1.14. The van der Waals surface area contributed by atoms with E-state index in [4.69, 9.17) is 11.6 Å². The quantitative estimate of drug-likeness (QED) is 0.927. The summed E-state index contributed by atoms with van der Waals surface area (Å²) >= 11 is 5.62. The predicted octanol–water partition coefficient (Wildman–Crippen LogP) is 3.29. The van der Waals surface area contributed by atoms with Crippen LogP contribution in [0.4, 0.5) is 8.78 Å². The molecule has 0 aliphatic rings. The standard InChI is InChI=1S/C13H10ClF2NO/c14-9-4-3-8(11(16)7-9)6-12(18)13-10(15)2-1-5-17-13/h1-5,7,12,18H,6H2. The number of aliphatic hydroxyl groups is 1. The van der Waals surface area contributed by atoms with Gasteiger partial charge in [0.15, 0.2) is 0 Å². The first-order valence-corrected chi connectivity index (χ1v) is 5.68. The third kappa shape index (κ3) is 2.83. The van der Waals surface area contributed by atoms with Gasteiger partial charge in [0.25, 0.3) is 0 Å². The Balaban J connectivity index is 2.21. The van der Waals surface area contributed by atoms with E-state index in [1.165, 1.54) is 30.5 Å². The van der Waals surface area contributed by atoms with E-state index in [0.717, 1.165) is 6.07 Å². The van der Waals surface area contributed by atoms with E-state index in [1.54, 1.807) is 0 Å². The van der Waals surface area contributed by atoms with Gasteiger partial charge in [-0.2, -0.15) is 0 Å². The summed E-state index contributed by atoms with van der Waals surface area (Å²) in [7, 11) is 0. The minimum Gasteiger partial charge on any atom is -0.386 e. The van der Waals surface area contributed by atoms with Crippen LogP contribution in [0.1, 0.15) is 17.4 Å². The van der Waals surface area contributed by atoms with Crippen LogP contribution < -0.4 is 0 Å². The Morgan fingerprint density at radius 2 is 2.00 bits per heavy atom. The van der Waals surface area contributed by atoms with Crippen molar-refractivity contribution in [3.8, 4) is 0 Å². The van der Waals surface area contributed by atoms with E-state index in [-0.39, 0.29) is 22.7 Å². The van der Waals surface area contributed by atoms with E-state index >= 15 is 0 Å². The first kappa shape index (κ1) is 12.9. The van der Waals surface area contributed by atoms with Crippen LogP contribution in [0.5, 0.6) is 0 Å². The maximum Gasteiger partial charge on any atom is 0.147 e. The minimum absolute atomic E-state index is 0.0586. The SMILES string of the molecule is OC(Cc1ccc(Cl)cc1F)c1ncccc1F. The smallest absolute Gasteiger partial charge is 0.147 e. The van der Waals surface area contributed by atoms with Crippen LogP contribution in [-0.2, 0) is 6.42 Å². The first-order valence-electron chi connectivity index (χ1n) is 5.30. The molecule has 0 spiro atoms. The summed E-state index contributed by atoms with van der Waals surface area (Å²) in [4.78, 5) is 3.75. The van der Waals surface area contributed by atoms with Gasteiger partial charge >= 0.3 is 0 Å². The van der Waals surface area contributed by atoms with E-state index in [0.29, 0.717) is 0 Å². The zero-order chi connectivity index (χ0) is 13.1. The largest absolute Gasteiger partial charge is 0.386 e. The molecule has 2 nitrogen and oxygen atoms in total. The maximum atomic E-state index is 13.5. The summed E-state index contributed by atoms with van der Waals surface area (Å²) in [5, 5.41) is 10.1. The van der Waals surface area contributed by atoms with Crippen LogP contribution in [0.15, 0.2) is 36.5 Å². The predicted molar refractivity (Wildman–Crippen MR) is 64.3 cm³/mol. The van der Waals surface area contributed by atoms with Crippen LogP contribution in [0.2, 0.25) is 5.02 Å². The van der Waals surface area contributed by atoms with Crippen LogP contribution in [-0.4, -0.2) is 10.1 Å². The van der Waals surface area contributed by atoms with Crippen molar-refractivity contribution in [2.24, 2.45) is 0 Å². The number of hydrogen-bond donors (Lipinski definition) is 1. The average molecular weight is 270 g/mol. The highest BCUT2D eigenvalue weighted by molar-refractivity contribution is 6.30. The van der Waals surface area contributed by atoms with E-state index < -0.39 is 17.7 Å². The van der Waals surface area contributed by atoms with Crippen molar-refractivity contribution in [1.82, 2.24) is 4.98 Å². The highest BCUT2D eigenvalue weighted by atomic mass is 35.5. The van der Waals surface area contributed by atoms with Crippen molar-refractivity contribution in [2.45, 2.75) is 12.5 Å². The maximum absolute atomic E-state index is 13.5. The normalized spacial score (nSPS) is 12.4. The molecule has 2 rings (SSSR count). The number of aliphatic hydroxyl groups excluding tert-OH is 1. The molecule has 0 saturated carbocycles. The summed E-state index contributed by atoms with van der Waals surface area (Å²) in [6.45, 7) is 0. The monoisotopic (exact) mass is 269 g/mol. The molecular weight excluding hydrogens is 260 g/mol. The Kier molecular flexibility index (Phi) is 3.89. The zero-order valence-electron chi connectivity index (χ0n) is 9.28. The van der Waals surface area contributed by atoms with E-state index in [2.05, 4.69) is 4.98 Å². The van der Waals surface area contributed by atoms with Gasteiger partial charge in [-0.25, -0.2) is 8.78 Å². The molecule has 18 heavy (non-hydrogen) atoms. The molecule has 2 aromatic rings. The number of benzene rings is 1. The molecule has 5 heteroatoms.